The second-order valence-electron chi connectivity index (χ2n) is 18.1. The number of quaternary nitrogens is 1. The zero-order valence-electron chi connectivity index (χ0n) is 33.8. The monoisotopic (exact) mass is 733 g/mol. The van der Waals surface area contributed by atoms with Gasteiger partial charge in [-0.05, 0) is 112 Å². The average molecular weight is 734 g/mol. The summed E-state index contributed by atoms with van der Waals surface area (Å²) in [4.78, 5) is 38.1. The minimum atomic E-state index is -0.230. The first-order chi connectivity index (χ1) is 24.0. The summed E-state index contributed by atoms with van der Waals surface area (Å²) in [5, 5.41) is 3.15. The van der Waals surface area contributed by atoms with Gasteiger partial charge in [0.15, 0.2) is 5.78 Å². The number of nitrogens with zero attached hydrogens (tertiary/aromatic N) is 1. The Bertz CT molecular complexity index is 1120. The van der Waals surface area contributed by atoms with Crippen LogP contribution in [0.3, 0.4) is 0 Å². The molecule has 1 N–H and O–H groups in total. The molecule has 3 fully saturated rings. The predicted molar refractivity (Wildman–Crippen MR) is 206 cm³/mol. The number of carbonyl (C=O) groups is 3. The van der Waals surface area contributed by atoms with Crippen LogP contribution in [0.15, 0.2) is 11.6 Å². The van der Waals surface area contributed by atoms with Gasteiger partial charge in [-0.2, -0.15) is 0 Å². The Balaban J connectivity index is 0.00000702. The molecule has 0 aromatic rings. The van der Waals surface area contributed by atoms with Gasteiger partial charge < -0.3 is 26.9 Å². The van der Waals surface area contributed by atoms with E-state index in [1.54, 1.807) is 0 Å². The summed E-state index contributed by atoms with van der Waals surface area (Å²) < 4.78 is 7.13. The number of rotatable bonds is 22. The number of ketones is 1. The molecular weight excluding hydrogens is 656 g/mol. The highest BCUT2D eigenvalue weighted by atomic mass is 35.5. The number of fused-ring (bicyclic) bond motifs is 5. The van der Waals surface area contributed by atoms with Crippen molar-refractivity contribution < 1.29 is 36.0 Å². The van der Waals surface area contributed by atoms with E-state index in [0.29, 0.717) is 42.4 Å². The summed E-state index contributed by atoms with van der Waals surface area (Å²) in [6, 6.07) is 0. The highest BCUT2D eigenvalue weighted by Gasteiger charge is 2.60. The molecule has 1 amide bonds. The highest BCUT2D eigenvalue weighted by molar-refractivity contribution is 5.91. The number of ether oxygens (including phenoxy) is 1. The fourth-order valence-electron chi connectivity index (χ4n) is 11.4. The standard InChI is InChI=1S/C44H76N2O4.ClH/c1-7-9-11-13-15-17-30-46(6,31-18-16-14-12-10-8-2)32-29-45-41(48)23-24-42(49)50-34(3)38-21-22-39-37-20-19-35-33-36(47)25-27-43(35,4)40(37)26-28-44(38,39)5;/h33-34,37-40H,7-32H2,1-6H3;1H/t34?,37?,38-,39?,40?,43+,44-;/m1./s1. The van der Waals surface area contributed by atoms with Crippen LogP contribution in [-0.4, -0.2) is 61.5 Å². The smallest absolute Gasteiger partial charge is 0.306 e. The van der Waals surface area contributed by atoms with Crippen molar-refractivity contribution >= 4 is 17.7 Å². The molecule has 0 bridgehead atoms. The molecule has 7 heteroatoms. The lowest BCUT2D eigenvalue weighted by Crippen LogP contribution is -3.00. The molecule has 0 aliphatic heterocycles. The Morgan fingerprint density at radius 3 is 2.10 bits per heavy atom. The van der Waals surface area contributed by atoms with E-state index in [1.807, 2.05) is 6.08 Å². The van der Waals surface area contributed by atoms with Gasteiger partial charge in [0.2, 0.25) is 5.91 Å². The second kappa shape index (κ2) is 20.9. The maximum absolute atomic E-state index is 13.1. The Labute approximate surface area is 319 Å². The molecule has 0 aromatic carbocycles. The van der Waals surface area contributed by atoms with E-state index in [9.17, 15) is 14.4 Å². The van der Waals surface area contributed by atoms with Crippen LogP contribution in [0.25, 0.3) is 0 Å². The first kappa shape index (κ1) is 44.0. The molecule has 4 rings (SSSR count). The van der Waals surface area contributed by atoms with Crippen molar-refractivity contribution in [3.8, 4) is 0 Å². The van der Waals surface area contributed by atoms with Crippen LogP contribution < -0.4 is 17.7 Å². The van der Waals surface area contributed by atoms with Crippen LogP contribution >= 0.6 is 0 Å². The molecule has 0 saturated heterocycles. The number of likely N-dealkylation sites (N-methyl/N-ethyl adjacent to an activating group) is 1. The third kappa shape index (κ3) is 11.8. The lowest BCUT2D eigenvalue weighted by molar-refractivity contribution is -0.908. The number of unbranched alkanes of at least 4 members (excludes halogenated alkanes) is 10. The number of halogens is 1. The van der Waals surface area contributed by atoms with Crippen molar-refractivity contribution in [1.82, 2.24) is 5.32 Å². The zero-order valence-corrected chi connectivity index (χ0v) is 34.6. The van der Waals surface area contributed by atoms with Gasteiger partial charge in [0.1, 0.15) is 6.10 Å². The molecule has 0 spiro atoms. The summed E-state index contributed by atoms with van der Waals surface area (Å²) in [5.41, 5.74) is 1.80. The van der Waals surface area contributed by atoms with Gasteiger partial charge in [0, 0.05) is 18.8 Å². The molecule has 4 aliphatic rings. The maximum atomic E-state index is 13.1. The number of carbonyl (C=O) groups excluding carboxylic acids is 3. The molecule has 3 saturated carbocycles. The lowest BCUT2D eigenvalue weighted by atomic mass is 9.46. The Morgan fingerprint density at radius 2 is 1.45 bits per heavy atom. The number of esters is 1. The third-order valence-electron chi connectivity index (χ3n) is 14.6. The number of nitrogens with one attached hydrogen (secondary N) is 1. The van der Waals surface area contributed by atoms with E-state index in [0.717, 1.165) is 30.3 Å². The largest absolute Gasteiger partial charge is 1.00 e. The van der Waals surface area contributed by atoms with E-state index >= 15 is 0 Å². The van der Waals surface area contributed by atoms with Crippen molar-refractivity contribution in [3.63, 3.8) is 0 Å². The van der Waals surface area contributed by atoms with Crippen LogP contribution in [-0.2, 0) is 19.1 Å². The van der Waals surface area contributed by atoms with Crippen molar-refractivity contribution in [3.05, 3.63) is 11.6 Å². The van der Waals surface area contributed by atoms with E-state index in [1.165, 1.54) is 121 Å². The molecule has 4 aliphatic carbocycles. The van der Waals surface area contributed by atoms with Crippen molar-refractivity contribution in [2.75, 3.05) is 33.2 Å². The fourth-order valence-corrected chi connectivity index (χ4v) is 11.4. The van der Waals surface area contributed by atoms with Gasteiger partial charge in [0.25, 0.3) is 0 Å². The van der Waals surface area contributed by atoms with Crippen LogP contribution in [0.5, 0.6) is 0 Å². The minimum absolute atomic E-state index is 0. The number of allylic oxidation sites excluding steroid dienone is 1. The Kier molecular flexibility index (Phi) is 18.0. The Morgan fingerprint density at radius 1 is 0.824 bits per heavy atom. The number of hydrogen-bond donors (Lipinski definition) is 1. The van der Waals surface area contributed by atoms with Gasteiger partial charge >= 0.3 is 5.97 Å². The molecule has 0 aromatic heterocycles. The SMILES string of the molecule is CCCCCCCC[N+](C)(CCCCCCCC)CCNC(=O)CCC(=O)OC(C)[C@H]1CCC2C3CCC4=CC(=O)CC[C@]4(C)C3CC[C@@]21C.[Cl-]. The van der Waals surface area contributed by atoms with E-state index in [-0.39, 0.29) is 54.1 Å². The van der Waals surface area contributed by atoms with Crippen molar-refractivity contribution in [1.29, 1.82) is 0 Å². The molecule has 51 heavy (non-hydrogen) atoms. The highest BCUT2D eigenvalue weighted by Crippen LogP contribution is 2.67. The van der Waals surface area contributed by atoms with Crippen LogP contribution in [0, 0.1) is 34.5 Å². The van der Waals surface area contributed by atoms with Gasteiger partial charge in [-0.3, -0.25) is 14.4 Å². The van der Waals surface area contributed by atoms with E-state index in [4.69, 9.17) is 4.74 Å². The molecule has 7 atom stereocenters. The zero-order chi connectivity index (χ0) is 36.2. The van der Waals surface area contributed by atoms with E-state index < -0.39 is 0 Å². The first-order valence-electron chi connectivity index (χ1n) is 21.5. The van der Waals surface area contributed by atoms with E-state index in [2.05, 4.69) is 47.0 Å². The van der Waals surface area contributed by atoms with Crippen LogP contribution in [0.4, 0.5) is 0 Å². The molecule has 0 radical (unpaired) electrons. The van der Waals surface area contributed by atoms with Gasteiger partial charge in [-0.1, -0.05) is 84.6 Å². The molecule has 294 valence electrons. The summed E-state index contributed by atoms with van der Waals surface area (Å²) in [6.45, 7) is 15.6. The average Bonchev–Trinajstić information content (AvgIpc) is 3.45. The van der Waals surface area contributed by atoms with Gasteiger partial charge in [-0.15, -0.1) is 0 Å². The van der Waals surface area contributed by atoms with Crippen LogP contribution in [0.2, 0.25) is 0 Å². The first-order valence-corrected chi connectivity index (χ1v) is 21.5. The molecule has 6 nitrogen and oxygen atoms in total. The summed E-state index contributed by atoms with van der Waals surface area (Å²) in [7, 11) is 2.38. The quantitative estimate of drug-likeness (QED) is 0.0731. The number of amides is 1. The predicted octanol–water partition coefficient (Wildman–Crippen LogP) is 7.13. The topological polar surface area (TPSA) is 72.5 Å². The van der Waals surface area contributed by atoms with Crippen molar-refractivity contribution in [2.24, 2.45) is 34.5 Å². The Hall–Kier alpha value is -1.40. The maximum Gasteiger partial charge on any atom is 0.306 e. The van der Waals surface area contributed by atoms with Crippen molar-refractivity contribution in [2.45, 2.75) is 182 Å². The summed E-state index contributed by atoms with van der Waals surface area (Å²) in [6.07, 6.45) is 26.7. The van der Waals surface area contributed by atoms with Gasteiger partial charge in [-0.25, -0.2) is 0 Å². The molecule has 4 unspecified atom stereocenters. The van der Waals surface area contributed by atoms with Gasteiger partial charge in [0.05, 0.1) is 39.6 Å². The minimum Gasteiger partial charge on any atom is -1.00 e. The molecular formula is C44H77ClN2O4. The third-order valence-corrected chi connectivity index (χ3v) is 14.6. The van der Waals surface area contributed by atoms with Crippen LogP contribution in [0.1, 0.15) is 176 Å². The fraction of sp³-hybridized carbons (Fsp3) is 0.886. The number of hydrogen-bond acceptors (Lipinski definition) is 4. The normalized spacial score (nSPS) is 29.2. The summed E-state index contributed by atoms with van der Waals surface area (Å²) >= 11 is 0. The second-order valence-corrected chi connectivity index (χ2v) is 18.1. The lowest BCUT2D eigenvalue weighted by Gasteiger charge is -2.58. The summed E-state index contributed by atoms with van der Waals surface area (Å²) in [5.74, 6) is 2.48. The molecule has 0 heterocycles.